The van der Waals surface area contributed by atoms with Gasteiger partial charge in [-0.1, -0.05) is 35.0 Å². The standard InChI is InChI=1S/C21H22FN3O4S/c1-15-2-8-18(9-3-15)30(27,28)25-12-10-24(11-13-25)21(26)20-14-19(23-29-20)16-4-6-17(22)7-5-16/h2-9,20H,10-14H2,1H3. The van der Waals surface area contributed by atoms with Crippen LogP contribution in [0.4, 0.5) is 4.39 Å². The summed E-state index contributed by atoms with van der Waals surface area (Å²) in [5.74, 6) is -0.562. The number of hydrogen-bond acceptors (Lipinski definition) is 5. The molecule has 0 aliphatic carbocycles. The van der Waals surface area contributed by atoms with E-state index < -0.39 is 16.1 Å². The number of nitrogens with zero attached hydrogens (tertiary/aromatic N) is 3. The van der Waals surface area contributed by atoms with Gasteiger partial charge in [-0.15, -0.1) is 0 Å². The first-order valence-corrected chi connectivity index (χ1v) is 11.1. The number of benzene rings is 2. The molecule has 0 radical (unpaired) electrons. The lowest BCUT2D eigenvalue weighted by atomic mass is 10.0. The van der Waals surface area contributed by atoms with E-state index in [9.17, 15) is 17.6 Å². The van der Waals surface area contributed by atoms with E-state index in [-0.39, 0.29) is 42.8 Å². The van der Waals surface area contributed by atoms with E-state index in [1.807, 2.05) is 6.92 Å². The van der Waals surface area contributed by atoms with Gasteiger partial charge in [-0.3, -0.25) is 4.79 Å². The number of amides is 1. The lowest BCUT2D eigenvalue weighted by Gasteiger charge is -2.34. The van der Waals surface area contributed by atoms with Gasteiger partial charge in [0.25, 0.3) is 5.91 Å². The molecule has 2 aliphatic rings. The Balaban J connectivity index is 1.35. The summed E-state index contributed by atoms with van der Waals surface area (Å²) in [5, 5.41) is 3.97. The highest BCUT2D eigenvalue weighted by Crippen LogP contribution is 2.22. The normalized spacial score (nSPS) is 20.0. The largest absolute Gasteiger partial charge is 0.382 e. The molecule has 2 heterocycles. The Morgan fingerprint density at radius 2 is 1.67 bits per heavy atom. The Morgan fingerprint density at radius 1 is 1.03 bits per heavy atom. The van der Waals surface area contributed by atoms with E-state index in [0.29, 0.717) is 17.7 Å². The van der Waals surface area contributed by atoms with Crippen molar-refractivity contribution in [2.75, 3.05) is 26.2 Å². The summed E-state index contributed by atoms with van der Waals surface area (Å²) in [6, 6.07) is 12.6. The Labute approximate surface area is 174 Å². The number of piperazine rings is 1. The molecule has 1 unspecified atom stereocenters. The van der Waals surface area contributed by atoms with E-state index in [2.05, 4.69) is 5.16 Å². The third kappa shape index (κ3) is 4.08. The second kappa shape index (κ2) is 8.16. The highest BCUT2D eigenvalue weighted by atomic mass is 32.2. The molecule has 0 spiro atoms. The van der Waals surface area contributed by atoms with Crippen LogP contribution in [-0.4, -0.2) is 61.5 Å². The average Bonchev–Trinajstić information content (AvgIpc) is 3.24. The van der Waals surface area contributed by atoms with Crippen LogP contribution in [0.1, 0.15) is 17.5 Å². The molecule has 2 aromatic carbocycles. The summed E-state index contributed by atoms with van der Waals surface area (Å²) in [6.07, 6.45) is -0.447. The molecule has 0 saturated carbocycles. The van der Waals surface area contributed by atoms with Gasteiger partial charge in [0, 0.05) is 32.6 Å². The van der Waals surface area contributed by atoms with Crippen LogP contribution < -0.4 is 0 Å². The average molecular weight is 431 g/mol. The zero-order valence-corrected chi connectivity index (χ0v) is 17.3. The van der Waals surface area contributed by atoms with Gasteiger partial charge in [0.1, 0.15) is 5.82 Å². The van der Waals surface area contributed by atoms with Crippen molar-refractivity contribution in [1.82, 2.24) is 9.21 Å². The van der Waals surface area contributed by atoms with Crippen molar-refractivity contribution < 1.29 is 22.4 Å². The van der Waals surface area contributed by atoms with Crippen molar-refractivity contribution in [3.05, 3.63) is 65.5 Å². The van der Waals surface area contributed by atoms with E-state index in [1.165, 1.54) is 16.4 Å². The number of carbonyl (C=O) groups is 1. The van der Waals surface area contributed by atoms with Crippen LogP contribution in [0.15, 0.2) is 58.6 Å². The van der Waals surface area contributed by atoms with Crippen molar-refractivity contribution in [3.8, 4) is 0 Å². The van der Waals surface area contributed by atoms with Crippen LogP contribution in [0.5, 0.6) is 0 Å². The number of halogens is 1. The van der Waals surface area contributed by atoms with E-state index >= 15 is 0 Å². The lowest BCUT2D eigenvalue weighted by molar-refractivity contribution is -0.143. The second-order valence-corrected chi connectivity index (χ2v) is 9.32. The molecule has 1 saturated heterocycles. The first-order valence-electron chi connectivity index (χ1n) is 9.69. The fraction of sp³-hybridized carbons (Fsp3) is 0.333. The molecule has 1 fully saturated rings. The molecule has 0 N–H and O–H groups in total. The predicted molar refractivity (Wildman–Crippen MR) is 109 cm³/mol. The summed E-state index contributed by atoms with van der Waals surface area (Å²) in [4.78, 5) is 20.0. The van der Waals surface area contributed by atoms with Crippen molar-refractivity contribution in [2.45, 2.75) is 24.3 Å². The molecule has 4 rings (SSSR count). The summed E-state index contributed by atoms with van der Waals surface area (Å²) in [7, 11) is -3.58. The highest BCUT2D eigenvalue weighted by molar-refractivity contribution is 7.89. The van der Waals surface area contributed by atoms with E-state index in [4.69, 9.17) is 4.84 Å². The van der Waals surface area contributed by atoms with Crippen molar-refractivity contribution in [3.63, 3.8) is 0 Å². The lowest BCUT2D eigenvalue weighted by Crippen LogP contribution is -2.52. The first kappa shape index (κ1) is 20.5. The van der Waals surface area contributed by atoms with Crippen LogP contribution in [0.2, 0.25) is 0 Å². The third-order valence-electron chi connectivity index (χ3n) is 5.33. The topological polar surface area (TPSA) is 79.3 Å². The minimum Gasteiger partial charge on any atom is -0.382 e. The van der Waals surface area contributed by atoms with Gasteiger partial charge in [0.2, 0.25) is 16.1 Å². The maximum Gasteiger partial charge on any atom is 0.266 e. The third-order valence-corrected chi connectivity index (χ3v) is 7.24. The molecular formula is C21H22FN3O4S. The van der Waals surface area contributed by atoms with Gasteiger partial charge in [0.15, 0.2) is 0 Å². The SMILES string of the molecule is Cc1ccc(S(=O)(=O)N2CCN(C(=O)C3CC(c4ccc(F)cc4)=NO3)CC2)cc1. The van der Waals surface area contributed by atoms with Crippen LogP contribution in [0, 0.1) is 12.7 Å². The minimum absolute atomic E-state index is 0.219. The number of oxime groups is 1. The summed E-state index contributed by atoms with van der Waals surface area (Å²) in [5.41, 5.74) is 2.29. The summed E-state index contributed by atoms with van der Waals surface area (Å²) >= 11 is 0. The first-order chi connectivity index (χ1) is 14.3. The fourth-order valence-electron chi connectivity index (χ4n) is 3.53. The molecule has 2 aromatic rings. The predicted octanol–water partition coefficient (Wildman–Crippen LogP) is 2.16. The molecule has 9 heteroatoms. The number of hydrogen-bond donors (Lipinski definition) is 0. The summed E-state index contributed by atoms with van der Waals surface area (Å²) < 4.78 is 40.1. The fourth-order valence-corrected chi connectivity index (χ4v) is 4.96. The minimum atomic E-state index is -3.58. The Morgan fingerprint density at radius 3 is 2.30 bits per heavy atom. The molecule has 0 aromatic heterocycles. The maximum atomic E-state index is 13.1. The van der Waals surface area contributed by atoms with Crippen LogP contribution in [0.3, 0.4) is 0 Å². The number of rotatable bonds is 4. The van der Waals surface area contributed by atoms with Gasteiger partial charge in [-0.25, -0.2) is 12.8 Å². The molecular weight excluding hydrogens is 409 g/mol. The highest BCUT2D eigenvalue weighted by Gasteiger charge is 2.36. The molecule has 158 valence electrons. The number of sulfonamides is 1. The molecule has 30 heavy (non-hydrogen) atoms. The van der Waals surface area contributed by atoms with E-state index in [0.717, 1.165) is 5.56 Å². The Bertz CT molecular complexity index is 1060. The van der Waals surface area contributed by atoms with Crippen LogP contribution >= 0.6 is 0 Å². The molecule has 7 nitrogen and oxygen atoms in total. The second-order valence-electron chi connectivity index (χ2n) is 7.39. The molecule has 0 bridgehead atoms. The van der Waals surface area contributed by atoms with Gasteiger partial charge in [0.05, 0.1) is 10.6 Å². The monoisotopic (exact) mass is 431 g/mol. The number of aryl methyl sites for hydroxylation is 1. The maximum absolute atomic E-state index is 13.1. The molecule has 2 aliphatic heterocycles. The number of carbonyl (C=O) groups excluding carboxylic acids is 1. The quantitative estimate of drug-likeness (QED) is 0.743. The van der Waals surface area contributed by atoms with Crippen molar-refractivity contribution >= 4 is 21.6 Å². The Hall–Kier alpha value is -2.78. The van der Waals surface area contributed by atoms with E-state index in [1.54, 1.807) is 41.3 Å². The van der Waals surface area contributed by atoms with Gasteiger partial charge in [-0.2, -0.15) is 4.31 Å². The van der Waals surface area contributed by atoms with Gasteiger partial charge >= 0.3 is 0 Å². The zero-order valence-electron chi connectivity index (χ0n) is 16.5. The van der Waals surface area contributed by atoms with Gasteiger partial charge in [-0.05, 0) is 36.8 Å². The van der Waals surface area contributed by atoms with Crippen LogP contribution in [-0.2, 0) is 19.7 Å². The van der Waals surface area contributed by atoms with Crippen molar-refractivity contribution in [1.29, 1.82) is 0 Å². The molecule has 1 amide bonds. The van der Waals surface area contributed by atoms with Gasteiger partial charge < -0.3 is 9.74 Å². The smallest absolute Gasteiger partial charge is 0.266 e. The van der Waals surface area contributed by atoms with Crippen LogP contribution in [0.25, 0.3) is 0 Å². The zero-order chi connectivity index (χ0) is 21.3. The molecule has 1 atom stereocenters. The van der Waals surface area contributed by atoms with Crippen molar-refractivity contribution in [2.24, 2.45) is 5.16 Å². The Kier molecular flexibility index (Phi) is 5.57. The summed E-state index contributed by atoms with van der Waals surface area (Å²) in [6.45, 7) is 2.92.